The van der Waals surface area contributed by atoms with E-state index in [0.717, 1.165) is 24.2 Å². The fraction of sp³-hybridized carbons (Fsp3) is 0.467. The molecule has 1 aromatic rings. The zero-order valence-electron chi connectivity index (χ0n) is 11.3. The fourth-order valence-corrected chi connectivity index (χ4v) is 2.93. The van der Waals surface area contributed by atoms with E-state index in [1.165, 1.54) is 11.8 Å². The number of carboxylic acids is 2. The molecule has 0 aliphatic heterocycles. The van der Waals surface area contributed by atoms with E-state index in [2.05, 4.69) is 0 Å². The molecule has 0 bridgehead atoms. The highest BCUT2D eigenvalue weighted by atomic mass is 32.2. The average Bonchev–Trinajstić information content (AvgIpc) is 2.42. The lowest BCUT2D eigenvalue weighted by atomic mass is 10.1. The minimum absolute atomic E-state index is 0.192. The van der Waals surface area contributed by atoms with Gasteiger partial charge in [0.1, 0.15) is 5.25 Å². The van der Waals surface area contributed by atoms with Crippen molar-refractivity contribution < 1.29 is 19.8 Å². The molecule has 0 aliphatic rings. The third-order valence-electron chi connectivity index (χ3n) is 2.89. The van der Waals surface area contributed by atoms with Crippen LogP contribution in [0.3, 0.4) is 0 Å². The van der Waals surface area contributed by atoms with E-state index in [1.54, 1.807) is 0 Å². The second-order valence-electron chi connectivity index (χ2n) is 4.59. The zero-order chi connectivity index (χ0) is 14.8. The number of thioether (sulfide) groups is 1. The number of unbranched alkanes of at least 4 members (excludes halogenated alkanes) is 2. The third-order valence-corrected chi connectivity index (χ3v) is 4.19. The van der Waals surface area contributed by atoms with Gasteiger partial charge in [-0.15, -0.1) is 11.8 Å². The summed E-state index contributed by atoms with van der Waals surface area (Å²) < 4.78 is 0. The van der Waals surface area contributed by atoms with E-state index in [4.69, 9.17) is 5.11 Å². The molecule has 4 nitrogen and oxygen atoms in total. The number of benzene rings is 1. The minimum atomic E-state index is -0.788. The zero-order valence-corrected chi connectivity index (χ0v) is 12.1. The number of aliphatic carboxylic acids is 2. The summed E-state index contributed by atoms with van der Waals surface area (Å²) in [5.74, 6) is -0.807. The van der Waals surface area contributed by atoms with E-state index >= 15 is 0 Å². The van der Waals surface area contributed by atoms with Crippen LogP contribution < -0.4 is 0 Å². The number of hydrogen-bond acceptors (Lipinski definition) is 3. The quantitative estimate of drug-likeness (QED) is 0.649. The highest BCUT2D eigenvalue weighted by Crippen LogP contribution is 2.19. The molecule has 0 aromatic heterocycles. The average molecular weight is 296 g/mol. The van der Waals surface area contributed by atoms with Gasteiger partial charge in [0, 0.05) is 6.42 Å². The molecule has 0 aliphatic carbocycles. The van der Waals surface area contributed by atoms with E-state index in [-0.39, 0.29) is 6.42 Å². The van der Waals surface area contributed by atoms with Gasteiger partial charge in [0.2, 0.25) is 0 Å². The molecule has 0 saturated carbocycles. The lowest BCUT2D eigenvalue weighted by Crippen LogP contribution is -2.19. The van der Waals surface area contributed by atoms with Crippen molar-refractivity contribution in [2.75, 3.05) is 5.75 Å². The van der Waals surface area contributed by atoms with Gasteiger partial charge in [-0.25, -0.2) is 0 Å². The Kier molecular flexibility index (Phi) is 7.80. The maximum Gasteiger partial charge on any atom is 0.316 e. The van der Waals surface area contributed by atoms with Crippen LogP contribution in [0.5, 0.6) is 0 Å². The van der Waals surface area contributed by atoms with Crippen LogP contribution in [0.4, 0.5) is 0 Å². The highest BCUT2D eigenvalue weighted by molar-refractivity contribution is 8.00. The van der Waals surface area contributed by atoms with Gasteiger partial charge in [-0.05, 0) is 30.6 Å². The molecule has 1 unspecified atom stereocenters. The van der Waals surface area contributed by atoms with Crippen LogP contribution in [0, 0.1) is 0 Å². The molecule has 0 fully saturated rings. The van der Waals surface area contributed by atoms with Gasteiger partial charge < -0.3 is 10.2 Å². The van der Waals surface area contributed by atoms with E-state index < -0.39 is 17.2 Å². The number of carbonyl (C=O) groups is 2. The van der Waals surface area contributed by atoms with Crippen molar-refractivity contribution in [3.05, 3.63) is 35.9 Å². The van der Waals surface area contributed by atoms with Crippen molar-refractivity contribution in [3.8, 4) is 0 Å². The Labute approximate surface area is 123 Å². The van der Waals surface area contributed by atoms with Gasteiger partial charge in [-0.3, -0.25) is 9.59 Å². The van der Waals surface area contributed by atoms with Crippen molar-refractivity contribution in [1.82, 2.24) is 0 Å². The van der Waals surface area contributed by atoms with Crippen LogP contribution in [-0.4, -0.2) is 33.2 Å². The predicted molar refractivity (Wildman–Crippen MR) is 80.1 cm³/mol. The van der Waals surface area contributed by atoms with Crippen LogP contribution >= 0.6 is 11.8 Å². The van der Waals surface area contributed by atoms with Gasteiger partial charge in [-0.1, -0.05) is 36.8 Å². The normalized spacial score (nSPS) is 12.0. The van der Waals surface area contributed by atoms with Crippen LogP contribution in [0.1, 0.15) is 31.2 Å². The van der Waals surface area contributed by atoms with Gasteiger partial charge in [0.15, 0.2) is 0 Å². The first-order chi connectivity index (χ1) is 9.59. The highest BCUT2D eigenvalue weighted by Gasteiger charge is 2.17. The fourth-order valence-electron chi connectivity index (χ4n) is 1.83. The SMILES string of the molecule is O=C(O)CCCCCSC(Cc1ccccc1)C(=O)O. The molecule has 0 amide bonds. The van der Waals surface area contributed by atoms with Crippen molar-refractivity contribution in [2.45, 2.75) is 37.4 Å². The molecule has 1 atom stereocenters. The lowest BCUT2D eigenvalue weighted by molar-refractivity contribution is -0.137. The second kappa shape index (κ2) is 9.42. The van der Waals surface area contributed by atoms with Crippen LogP contribution in [0.2, 0.25) is 0 Å². The van der Waals surface area contributed by atoms with E-state index in [9.17, 15) is 14.7 Å². The minimum Gasteiger partial charge on any atom is -0.481 e. The molecule has 0 heterocycles. The summed E-state index contributed by atoms with van der Waals surface area (Å²) in [5, 5.41) is 17.3. The van der Waals surface area contributed by atoms with Crippen LogP contribution in [-0.2, 0) is 16.0 Å². The Hall–Kier alpha value is -1.49. The van der Waals surface area contributed by atoms with E-state index in [0.29, 0.717) is 12.8 Å². The van der Waals surface area contributed by atoms with Gasteiger partial charge >= 0.3 is 11.9 Å². The summed E-state index contributed by atoms with van der Waals surface area (Å²) in [7, 11) is 0. The van der Waals surface area contributed by atoms with Gasteiger partial charge in [-0.2, -0.15) is 0 Å². The van der Waals surface area contributed by atoms with Crippen LogP contribution in [0.25, 0.3) is 0 Å². The van der Waals surface area contributed by atoms with Crippen LogP contribution in [0.15, 0.2) is 30.3 Å². The topological polar surface area (TPSA) is 74.6 Å². The van der Waals surface area contributed by atoms with Gasteiger partial charge in [0.05, 0.1) is 0 Å². The maximum atomic E-state index is 11.2. The molecule has 0 spiro atoms. The first-order valence-corrected chi connectivity index (χ1v) is 7.74. The largest absolute Gasteiger partial charge is 0.481 e. The van der Waals surface area contributed by atoms with E-state index in [1.807, 2.05) is 30.3 Å². The molecular formula is C15H20O4S. The molecule has 20 heavy (non-hydrogen) atoms. The van der Waals surface area contributed by atoms with Crippen molar-refractivity contribution in [3.63, 3.8) is 0 Å². The second-order valence-corrected chi connectivity index (χ2v) is 5.90. The Morgan fingerprint density at radius 3 is 2.35 bits per heavy atom. The predicted octanol–water partition coefficient (Wildman–Crippen LogP) is 3.06. The molecule has 110 valence electrons. The van der Waals surface area contributed by atoms with Gasteiger partial charge in [0.25, 0.3) is 0 Å². The maximum absolute atomic E-state index is 11.2. The Morgan fingerprint density at radius 2 is 1.75 bits per heavy atom. The Balaban J connectivity index is 2.26. The molecule has 0 saturated heterocycles. The number of rotatable bonds is 10. The smallest absolute Gasteiger partial charge is 0.316 e. The molecule has 0 radical (unpaired) electrons. The summed E-state index contributed by atoms with van der Waals surface area (Å²) in [6.07, 6.45) is 3.06. The molecule has 1 rings (SSSR count). The standard InChI is InChI=1S/C15H20O4S/c16-14(17)9-5-2-6-10-20-13(15(18)19)11-12-7-3-1-4-8-12/h1,3-4,7-8,13H,2,5-6,9-11H2,(H,16,17)(H,18,19). The molecular weight excluding hydrogens is 276 g/mol. The summed E-state index contributed by atoms with van der Waals surface area (Å²) in [6, 6.07) is 9.59. The van der Waals surface area contributed by atoms with Crippen molar-refractivity contribution in [2.24, 2.45) is 0 Å². The molecule has 5 heteroatoms. The number of hydrogen-bond donors (Lipinski definition) is 2. The first-order valence-electron chi connectivity index (χ1n) is 6.69. The summed E-state index contributed by atoms with van der Waals surface area (Å²) in [6.45, 7) is 0. The summed E-state index contributed by atoms with van der Waals surface area (Å²) >= 11 is 1.44. The first kappa shape index (κ1) is 16.6. The summed E-state index contributed by atoms with van der Waals surface area (Å²) in [5.41, 5.74) is 1.03. The van der Waals surface area contributed by atoms with Crippen molar-refractivity contribution >= 4 is 23.7 Å². The Morgan fingerprint density at radius 1 is 1.05 bits per heavy atom. The molecule has 1 aromatic carbocycles. The Bertz CT molecular complexity index is 419. The lowest BCUT2D eigenvalue weighted by Gasteiger charge is -2.12. The third kappa shape index (κ3) is 7.19. The summed E-state index contributed by atoms with van der Waals surface area (Å²) in [4.78, 5) is 21.6. The monoisotopic (exact) mass is 296 g/mol. The molecule has 2 N–H and O–H groups in total. The number of carboxylic acid groups (broad SMARTS) is 2. The van der Waals surface area contributed by atoms with Crippen molar-refractivity contribution in [1.29, 1.82) is 0 Å².